The van der Waals surface area contributed by atoms with Crippen LogP contribution in [0.15, 0.2) is 17.0 Å². The molecule has 0 aliphatic rings. The van der Waals surface area contributed by atoms with Crippen molar-refractivity contribution < 1.29 is 0 Å². The molecule has 0 aliphatic heterocycles. The van der Waals surface area contributed by atoms with E-state index in [1.807, 2.05) is 23.9 Å². The van der Waals surface area contributed by atoms with Crippen LogP contribution in [0.5, 0.6) is 0 Å². The molecule has 8 heteroatoms. The van der Waals surface area contributed by atoms with Gasteiger partial charge in [0.15, 0.2) is 0 Å². The third kappa shape index (κ3) is 3.07. The second-order valence-electron chi connectivity index (χ2n) is 4.72. The average Bonchev–Trinajstić information content (AvgIpc) is 3.17. The first kappa shape index (κ1) is 14.4. The Labute approximate surface area is 135 Å². The van der Waals surface area contributed by atoms with Crippen LogP contribution in [0, 0.1) is 6.92 Å². The fourth-order valence-electron chi connectivity index (χ4n) is 1.91. The summed E-state index contributed by atoms with van der Waals surface area (Å²) in [4.78, 5) is 8.86. The first-order valence-electron chi connectivity index (χ1n) is 6.46. The fourth-order valence-corrected chi connectivity index (χ4v) is 4.25. The molecule has 3 rings (SSSR count). The molecule has 0 radical (unpaired) electrons. The lowest BCUT2D eigenvalue weighted by atomic mass is 10.2. The molecule has 110 valence electrons. The van der Waals surface area contributed by atoms with Crippen molar-refractivity contribution in [1.82, 2.24) is 14.3 Å². The molecule has 3 aromatic heterocycles. The predicted octanol–water partition coefficient (Wildman–Crippen LogP) is 3.83. The molecule has 0 aliphatic carbocycles. The quantitative estimate of drug-likeness (QED) is 0.740. The second kappa shape index (κ2) is 6.08. The number of nitrogens with one attached hydrogen (secondary N) is 1. The van der Waals surface area contributed by atoms with Crippen LogP contribution in [0.1, 0.15) is 23.5 Å². The van der Waals surface area contributed by atoms with Crippen molar-refractivity contribution in [3.63, 3.8) is 0 Å². The molecule has 0 aromatic carbocycles. The van der Waals surface area contributed by atoms with Gasteiger partial charge in [0.1, 0.15) is 15.8 Å². The van der Waals surface area contributed by atoms with Gasteiger partial charge in [-0.1, -0.05) is 6.92 Å². The minimum absolute atomic E-state index is 0.346. The normalized spacial score (nSPS) is 12.5. The Morgan fingerprint density at radius 3 is 2.90 bits per heavy atom. The van der Waals surface area contributed by atoms with Crippen LogP contribution in [0.4, 0.5) is 10.8 Å². The maximum absolute atomic E-state index is 6.00. The van der Waals surface area contributed by atoms with Crippen LogP contribution >= 0.6 is 34.2 Å². The smallest absolute Gasteiger partial charge is 0.149 e. The van der Waals surface area contributed by atoms with Crippen LogP contribution in [0.3, 0.4) is 0 Å². The second-order valence-corrected chi connectivity index (χ2v) is 7.28. The minimum atomic E-state index is 0.346. The van der Waals surface area contributed by atoms with Gasteiger partial charge in [0.05, 0.1) is 10.6 Å². The van der Waals surface area contributed by atoms with E-state index >= 15 is 0 Å². The Bertz CT molecular complexity index is 716. The third-order valence-corrected chi connectivity index (χ3v) is 5.80. The summed E-state index contributed by atoms with van der Waals surface area (Å²) in [5, 5.41) is 10.5. The zero-order valence-electron chi connectivity index (χ0n) is 11.7. The summed E-state index contributed by atoms with van der Waals surface area (Å²) in [6.07, 6.45) is 1.84. The summed E-state index contributed by atoms with van der Waals surface area (Å²) < 4.78 is 4.25. The number of thiazole rings is 2. The molecular formula is C13H15N5S3. The molecule has 1 atom stereocenters. The lowest BCUT2D eigenvalue weighted by Crippen LogP contribution is -2.09. The zero-order chi connectivity index (χ0) is 14.8. The lowest BCUT2D eigenvalue weighted by molar-refractivity contribution is 0.797. The summed E-state index contributed by atoms with van der Waals surface area (Å²) in [6.45, 7) is 4.93. The zero-order valence-corrected chi connectivity index (χ0v) is 14.1. The van der Waals surface area contributed by atoms with Gasteiger partial charge < -0.3 is 11.1 Å². The van der Waals surface area contributed by atoms with Gasteiger partial charge in [-0.05, 0) is 18.5 Å². The van der Waals surface area contributed by atoms with E-state index in [0.717, 1.165) is 32.8 Å². The molecule has 5 nitrogen and oxygen atoms in total. The first-order valence-corrected chi connectivity index (χ1v) is 8.99. The molecule has 0 fully saturated rings. The highest BCUT2D eigenvalue weighted by atomic mass is 32.1. The molecule has 0 saturated carbocycles. The molecule has 0 amide bonds. The third-order valence-electron chi connectivity index (χ3n) is 2.99. The van der Waals surface area contributed by atoms with E-state index in [-0.39, 0.29) is 0 Å². The maximum atomic E-state index is 6.00. The number of nitrogens with zero attached hydrogens (tertiary/aromatic N) is 3. The average molecular weight is 337 g/mol. The van der Waals surface area contributed by atoms with E-state index < -0.39 is 0 Å². The van der Waals surface area contributed by atoms with Crippen LogP contribution in [0.25, 0.3) is 10.6 Å². The number of anilines is 2. The molecule has 21 heavy (non-hydrogen) atoms. The summed E-state index contributed by atoms with van der Waals surface area (Å²) in [6, 6.07) is 0. The number of hydrogen-bond acceptors (Lipinski definition) is 8. The van der Waals surface area contributed by atoms with Crippen molar-refractivity contribution >= 4 is 45.0 Å². The van der Waals surface area contributed by atoms with Gasteiger partial charge in [0.25, 0.3) is 0 Å². The monoisotopic (exact) mass is 337 g/mol. The van der Waals surface area contributed by atoms with Crippen molar-refractivity contribution in [1.29, 1.82) is 0 Å². The minimum Gasteiger partial charge on any atom is -0.382 e. The highest BCUT2D eigenvalue weighted by Gasteiger charge is 2.17. The van der Waals surface area contributed by atoms with Gasteiger partial charge in [-0.3, -0.25) is 0 Å². The van der Waals surface area contributed by atoms with Crippen LogP contribution < -0.4 is 11.1 Å². The van der Waals surface area contributed by atoms with Crippen molar-refractivity contribution in [3.8, 4) is 10.6 Å². The van der Waals surface area contributed by atoms with E-state index in [1.54, 1.807) is 22.7 Å². The molecule has 3 heterocycles. The van der Waals surface area contributed by atoms with Crippen LogP contribution in [-0.2, 0) is 0 Å². The van der Waals surface area contributed by atoms with E-state index in [1.165, 1.54) is 11.5 Å². The van der Waals surface area contributed by atoms with E-state index in [2.05, 4.69) is 26.6 Å². The molecule has 0 bridgehead atoms. The summed E-state index contributed by atoms with van der Waals surface area (Å²) in [5.74, 6) is 0.887. The van der Waals surface area contributed by atoms with E-state index in [4.69, 9.17) is 5.73 Å². The number of aromatic nitrogens is 3. The molecule has 0 spiro atoms. The topological polar surface area (TPSA) is 76.7 Å². The van der Waals surface area contributed by atoms with Crippen molar-refractivity contribution in [2.75, 3.05) is 17.6 Å². The molecule has 3 aromatic rings. The summed E-state index contributed by atoms with van der Waals surface area (Å²) in [5.41, 5.74) is 7.92. The van der Waals surface area contributed by atoms with Crippen LogP contribution in [0.2, 0.25) is 0 Å². The predicted molar refractivity (Wildman–Crippen MR) is 91.4 cm³/mol. The largest absolute Gasteiger partial charge is 0.382 e. The SMILES string of the molecule is Cc1csc(-c2c(N)nsc2NCC(C)c2nccs2)n1. The number of nitrogen functional groups attached to an aromatic ring is 1. The van der Waals surface area contributed by atoms with Gasteiger partial charge >= 0.3 is 0 Å². The van der Waals surface area contributed by atoms with Gasteiger partial charge in [0.2, 0.25) is 0 Å². The van der Waals surface area contributed by atoms with Crippen molar-refractivity contribution in [3.05, 3.63) is 27.7 Å². The van der Waals surface area contributed by atoms with Gasteiger partial charge in [-0.2, -0.15) is 4.37 Å². The van der Waals surface area contributed by atoms with E-state index in [0.29, 0.717) is 11.7 Å². The van der Waals surface area contributed by atoms with E-state index in [9.17, 15) is 0 Å². The fraction of sp³-hybridized carbons (Fsp3) is 0.308. The Morgan fingerprint density at radius 2 is 2.24 bits per heavy atom. The number of hydrogen-bond donors (Lipinski definition) is 2. The summed E-state index contributed by atoms with van der Waals surface area (Å²) in [7, 11) is 0. The molecule has 0 saturated heterocycles. The Kier molecular flexibility index (Phi) is 4.18. The van der Waals surface area contributed by atoms with Gasteiger partial charge in [-0.25, -0.2) is 9.97 Å². The number of aryl methyl sites for hydroxylation is 1. The Morgan fingerprint density at radius 1 is 1.38 bits per heavy atom. The van der Waals surface area contributed by atoms with Crippen molar-refractivity contribution in [2.45, 2.75) is 19.8 Å². The molecule has 1 unspecified atom stereocenters. The van der Waals surface area contributed by atoms with Crippen molar-refractivity contribution in [2.24, 2.45) is 0 Å². The van der Waals surface area contributed by atoms with Crippen LogP contribution in [-0.4, -0.2) is 20.9 Å². The Hall–Kier alpha value is -1.51. The number of rotatable bonds is 5. The maximum Gasteiger partial charge on any atom is 0.149 e. The molecule has 3 N–H and O–H groups in total. The highest BCUT2D eigenvalue weighted by molar-refractivity contribution is 7.15. The highest BCUT2D eigenvalue weighted by Crippen LogP contribution is 2.38. The van der Waals surface area contributed by atoms with Gasteiger partial charge in [-0.15, -0.1) is 22.7 Å². The first-order chi connectivity index (χ1) is 10.1. The standard InChI is InChI=1S/C13H15N5S3/c1-7(11-15-3-4-19-11)5-16-12-9(10(14)18-21-12)13-17-8(2)6-20-13/h3-4,6-7,16H,5H2,1-2H3,(H2,14,18). The number of nitrogens with two attached hydrogens (primary N) is 1. The lowest BCUT2D eigenvalue weighted by Gasteiger charge is -2.10. The van der Waals surface area contributed by atoms with Gasteiger partial charge in [0, 0.05) is 35.1 Å². The molecular weight excluding hydrogens is 322 g/mol. The Balaban J connectivity index is 1.77. The summed E-state index contributed by atoms with van der Waals surface area (Å²) >= 11 is 4.65.